The Morgan fingerprint density at radius 2 is 1.29 bits per heavy atom. The van der Waals surface area contributed by atoms with Crippen LogP contribution >= 0.6 is 0 Å². The van der Waals surface area contributed by atoms with Gasteiger partial charge in [-0.05, 0) is 36.6 Å². The standard InChI is InChI=1S/C30H53B8N9O4/c31-19-15(20(32)22(34)23(35)21(19)33)13-18(26(50)47-29(36,27(40)51)9-5-10-30(37,38)43)46-25(49)17(8-4-11-44-28(41)42)45-24(48)16(39)12-14-6-2-1-3-7-14/h1-3,6-7,16-18H,4-5,8-13,31-39,43H2,(H2,40,51)(H,45,48)(H,46,49)(H,47,50)(H4,41,42,44)/t16-,17+,18-,29-/m0/s1. The van der Waals surface area contributed by atoms with Gasteiger partial charge in [0.25, 0.3) is 0 Å². The minimum atomic E-state index is -1.41. The fourth-order valence-electron chi connectivity index (χ4n) is 6.11. The van der Waals surface area contributed by atoms with E-state index in [1.54, 1.807) is 7.85 Å². The summed E-state index contributed by atoms with van der Waals surface area (Å²) in [4.78, 5) is 54.4. The van der Waals surface area contributed by atoms with Crippen LogP contribution in [0, 0.1) is 5.41 Å². The maximum atomic E-state index is 14.2. The van der Waals surface area contributed by atoms with Crippen molar-refractivity contribution in [2.45, 2.75) is 73.8 Å². The van der Waals surface area contributed by atoms with Crippen molar-refractivity contribution in [3.63, 3.8) is 0 Å². The van der Waals surface area contributed by atoms with Crippen molar-refractivity contribution in [3.05, 3.63) is 41.5 Å². The molecule has 2 aromatic carbocycles. The van der Waals surface area contributed by atoms with E-state index in [9.17, 15) is 19.2 Å². The maximum absolute atomic E-state index is 14.2. The highest BCUT2D eigenvalue weighted by atomic mass is 16.2. The highest BCUT2D eigenvalue weighted by Gasteiger charge is 2.36. The number of primary amides is 1. The lowest BCUT2D eigenvalue weighted by atomic mass is 9.59. The van der Waals surface area contributed by atoms with Crippen molar-refractivity contribution in [1.82, 2.24) is 21.3 Å². The number of nitrogens with one attached hydrogen (secondary N) is 5. The monoisotopic (exact) mass is 691 g/mol. The van der Waals surface area contributed by atoms with Crippen LogP contribution in [0.15, 0.2) is 30.3 Å². The molecule has 2 aromatic rings. The Kier molecular flexibility index (Phi) is 16.1. The number of benzene rings is 2. The lowest BCUT2D eigenvalue weighted by Crippen LogP contribution is -2.64. The van der Waals surface area contributed by atoms with Crippen LogP contribution in [0.3, 0.4) is 0 Å². The molecule has 0 unspecified atom stereocenters. The first-order valence-corrected chi connectivity index (χ1v) is 17.6. The van der Waals surface area contributed by atoms with Gasteiger partial charge >= 0.3 is 0 Å². The van der Waals surface area contributed by atoms with E-state index < -0.39 is 52.5 Å². The van der Waals surface area contributed by atoms with Crippen molar-refractivity contribution in [2.24, 2.45) is 22.9 Å². The quantitative estimate of drug-likeness (QED) is 0.0296. The molecule has 0 aliphatic carbocycles. The molecule has 0 fully saturated rings. The number of carbonyl (C=O) groups is 4. The summed E-state index contributed by atoms with van der Waals surface area (Å²) in [6.07, 6.45) is 2.29. The maximum Gasteiger partial charge on any atom is 0.243 e. The molecular weight excluding hydrogens is 637 g/mol. The Morgan fingerprint density at radius 1 is 0.745 bits per heavy atom. The molecule has 0 spiro atoms. The molecule has 13 nitrogen and oxygen atoms in total. The Bertz CT molecular complexity index is 1550. The molecule has 0 aromatic heterocycles. The van der Waals surface area contributed by atoms with E-state index in [4.69, 9.17) is 28.3 Å². The number of guanidine groups is 1. The zero-order valence-electron chi connectivity index (χ0n) is 31.7. The second-order valence-electron chi connectivity index (χ2n) is 14.7. The van der Waals surface area contributed by atoms with Crippen LogP contribution < -0.4 is 71.5 Å². The van der Waals surface area contributed by atoms with Gasteiger partial charge in [-0.3, -0.25) is 24.6 Å². The van der Waals surface area contributed by atoms with Crippen LogP contribution in [-0.2, 0) is 32.0 Å². The zero-order chi connectivity index (χ0) is 38.7. The number of hydrogen-bond donors (Lipinski definition) is 9. The summed E-state index contributed by atoms with van der Waals surface area (Å²) in [7, 11) is 15.4. The fourth-order valence-corrected chi connectivity index (χ4v) is 6.11. The SMILES string of the molecule is Bc1c(B)c(B)c(C[C@H](NC(=O)[C@@H](CCCNC(=N)N)NC(=O)[C@@H](N)Cc2ccccc2)C(=O)N[C@@](B)(CCCC(B)(B)N)C(N)=O)c(B)c1B. The number of nitrogens with two attached hydrogens (primary N) is 4. The molecule has 4 amide bonds. The third-order valence-corrected chi connectivity index (χ3v) is 9.89. The van der Waals surface area contributed by atoms with E-state index in [1.807, 2.05) is 77.4 Å². The van der Waals surface area contributed by atoms with Crippen LogP contribution in [0.2, 0.25) is 0 Å². The summed E-state index contributed by atoms with van der Waals surface area (Å²) in [5.74, 6) is -2.64. The average Bonchev–Trinajstić information content (AvgIpc) is 3.05. The van der Waals surface area contributed by atoms with Gasteiger partial charge in [-0.1, -0.05) is 59.7 Å². The summed E-state index contributed by atoms with van der Waals surface area (Å²) < 4.78 is 0. The van der Waals surface area contributed by atoms with E-state index in [1.165, 1.54) is 0 Å². The summed E-state index contributed by atoms with van der Waals surface area (Å²) in [5.41, 5.74) is 29.4. The van der Waals surface area contributed by atoms with E-state index in [-0.39, 0.29) is 38.2 Å². The lowest BCUT2D eigenvalue weighted by molar-refractivity contribution is -0.134. The van der Waals surface area contributed by atoms with E-state index in [2.05, 4.69) is 29.1 Å². The van der Waals surface area contributed by atoms with Gasteiger partial charge in [0.15, 0.2) is 5.96 Å². The zero-order valence-corrected chi connectivity index (χ0v) is 31.7. The molecule has 0 aliphatic rings. The van der Waals surface area contributed by atoms with Gasteiger partial charge in [0.05, 0.1) is 11.5 Å². The molecule has 21 heteroatoms. The highest BCUT2D eigenvalue weighted by Crippen LogP contribution is 2.14. The second-order valence-corrected chi connectivity index (χ2v) is 14.7. The topological polar surface area (TPSA) is 244 Å². The van der Waals surface area contributed by atoms with Gasteiger partial charge in [-0.15, -0.1) is 16.4 Å². The third-order valence-electron chi connectivity index (χ3n) is 9.89. The molecule has 0 radical (unpaired) electrons. The lowest BCUT2D eigenvalue weighted by Gasteiger charge is -2.32. The molecule has 0 heterocycles. The van der Waals surface area contributed by atoms with Crippen LogP contribution in [0.5, 0.6) is 0 Å². The molecule has 266 valence electrons. The number of rotatable bonds is 19. The fraction of sp³-hybridized carbons (Fsp3) is 0.433. The first-order chi connectivity index (χ1) is 23.7. The molecule has 2 rings (SSSR count). The minimum absolute atomic E-state index is 0.127. The van der Waals surface area contributed by atoms with E-state index in [0.29, 0.717) is 19.3 Å². The normalized spacial score (nSPS) is 14.2. The molecule has 0 saturated heterocycles. The van der Waals surface area contributed by atoms with Crippen LogP contribution in [0.4, 0.5) is 0 Å². The predicted octanol–water partition coefficient (Wildman–Crippen LogP) is -12.7. The summed E-state index contributed by atoms with van der Waals surface area (Å²) >= 11 is 0. The first kappa shape index (κ1) is 43.2. The van der Waals surface area contributed by atoms with Gasteiger partial charge in [-0.25, -0.2) is 0 Å². The Labute approximate surface area is 309 Å². The van der Waals surface area contributed by atoms with Gasteiger partial charge in [0, 0.05) is 13.0 Å². The van der Waals surface area contributed by atoms with Gasteiger partial charge < -0.3 is 44.2 Å². The Morgan fingerprint density at radius 3 is 1.82 bits per heavy atom. The van der Waals surface area contributed by atoms with Gasteiger partial charge in [0.2, 0.25) is 23.6 Å². The number of carbonyl (C=O) groups excluding carboxylic acids is 4. The van der Waals surface area contributed by atoms with E-state index in [0.717, 1.165) is 38.4 Å². The van der Waals surface area contributed by atoms with Crippen molar-refractivity contribution in [1.29, 1.82) is 5.41 Å². The predicted molar refractivity (Wildman–Crippen MR) is 229 cm³/mol. The summed E-state index contributed by atoms with van der Waals surface area (Å²) in [6, 6.07) is 6.17. The van der Waals surface area contributed by atoms with Crippen molar-refractivity contribution in [3.8, 4) is 0 Å². The van der Waals surface area contributed by atoms with Gasteiger partial charge in [-0.2, -0.15) is 0 Å². The molecule has 13 N–H and O–H groups in total. The minimum Gasteiger partial charge on any atom is -0.370 e. The average molecular weight is 690 g/mol. The molecule has 0 aliphatic heterocycles. The molecule has 51 heavy (non-hydrogen) atoms. The second kappa shape index (κ2) is 19.0. The number of hydrogen-bond acceptors (Lipinski definition) is 7. The van der Waals surface area contributed by atoms with Gasteiger partial charge in [0.1, 0.15) is 74.9 Å². The Hall–Kier alpha value is -3.97. The molecule has 0 bridgehead atoms. The van der Waals surface area contributed by atoms with E-state index >= 15 is 0 Å². The molecule has 0 saturated carbocycles. The smallest absolute Gasteiger partial charge is 0.243 e. The largest absolute Gasteiger partial charge is 0.370 e. The van der Waals surface area contributed by atoms with Crippen LogP contribution in [0.25, 0.3) is 0 Å². The Balaban J connectivity index is 2.47. The number of amides is 4. The highest BCUT2D eigenvalue weighted by molar-refractivity contribution is 6.67. The van der Waals surface area contributed by atoms with Crippen LogP contribution in [-0.4, -0.2) is 128 Å². The first-order valence-electron chi connectivity index (χ1n) is 17.6. The van der Waals surface area contributed by atoms with Crippen LogP contribution in [0.1, 0.15) is 43.2 Å². The summed E-state index contributed by atoms with van der Waals surface area (Å²) in [5, 5.41) is 18.2. The summed E-state index contributed by atoms with van der Waals surface area (Å²) in [6.45, 7) is 0.284. The molecule has 4 atom stereocenters. The van der Waals surface area contributed by atoms with Crippen molar-refractivity contribution in [2.75, 3.05) is 6.54 Å². The molecular formula is C30H53B8N9O4. The van der Waals surface area contributed by atoms with Crippen molar-refractivity contribution >= 4 is 120 Å². The van der Waals surface area contributed by atoms with Crippen molar-refractivity contribution < 1.29 is 19.2 Å². The third kappa shape index (κ3) is 13.3.